The average Bonchev–Trinajstić information content (AvgIpc) is 2.43. The number of hydrogen-bond donors (Lipinski definition) is 1. The molecule has 0 atom stereocenters. The van der Waals surface area contributed by atoms with Crippen molar-refractivity contribution in [2.45, 2.75) is 0 Å². The van der Waals surface area contributed by atoms with Crippen LogP contribution in [0, 0.1) is 10.1 Å². The van der Waals surface area contributed by atoms with E-state index in [0.717, 1.165) is 0 Å². The minimum absolute atomic E-state index is 0.148. The lowest BCUT2D eigenvalue weighted by Crippen LogP contribution is -2.13. The Bertz CT molecular complexity index is 740. The van der Waals surface area contributed by atoms with Crippen LogP contribution in [0.2, 0.25) is 5.15 Å². The number of non-ortho nitro benzene ring substituents is 1. The minimum atomic E-state index is -0.566. The van der Waals surface area contributed by atoms with Gasteiger partial charge in [-0.1, -0.05) is 11.6 Å². The first kappa shape index (κ1) is 15.9. The van der Waals surface area contributed by atoms with E-state index in [9.17, 15) is 14.9 Å². The van der Waals surface area contributed by atoms with Crippen LogP contribution < -0.4 is 5.32 Å². The van der Waals surface area contributed by atoms with Gasteiger partial charge in [0, 0.05) is 16.6 Å². The smallest absolute Gasteiger partial charge is 0.270 e. The van der Waals surface area contributed by atoms with Crippen LogP contribution in [0.4, 0.5) is 11.4 Å². The van der Waals surface area contributed by atoms with Crippen molar-refractivity contribution in [1.29, 1.82) is 0 Å². The maximum absolute atomic E-state index is 12.2. The number of benzene rings is 1. The van der Waals surface area contributed by atoms with Gasteiger partial charge in [-0.3, -0.25) is 14.9 Å². The number of aromatic nitrogens is 1. The van der Waals surface area contributed by atoms with E-state index in [0.29, 0.717) is 14.6 Å². The number of carbonyl (C=O) groups excluding carboxylic acids is 1. The van der Waals surface area contributed by atoms with Crippen LogP contribution in [0.5, 0.6) is 0 Å². The van der Waals surface area contributed by atoms with Crippen LogP contribution in [-0.2, 0) is 0 Å². The zero-order chi connectivity index (χ0) is 15.6. The van der Waals surface area contributed by atoms with Crippen molar-refractivity contribution >= 4 is 60.7 Å². The van der Waals surface area contributed by atoms with E-state index < -0.39 is 10.8 Å². The number of nitrogens with one attached hydrogen (secondary N) is 1. The standard InChI is InChI=1S/C12H6Br2ClN3O3/c13-9-2-1-7(18(20)21)4-8(9)12(19)17-6-3-10(14)11(15)16-5-6/h1-5H,(H,17,19). The summed E-state index contributed by atoms with van der Waals surface area (Å²) in [6.07, 6.45) is 1.39. The number of nitro benzene ring substituents is 1. The van der Waals surface area contributed by atoms with E-state index in [1.165, 1.54) is 24.4 Å². The number of carbonyl (C=O) groups is 1. The molecule has 21 heavy (non-hydrogen) atoms. The summed E-state index contributed by atoms with van der Waals surface area (Å²) in [4.78, 5) is 26.2. The van der Waals surface area contributed by atoms with Crippen molar-refractivity contribution in [2.24, 2.45) is 0 Å². The fourth-order valence-corrected chi connectivity index (χ4v) is 2.37. The van der Waals surface area contributed by atoms with Gasteiger partial charge in [-0.05, 0) is 44.0 Å². The Morgan fingerprint density at radius 3 is 2.62 bits per heavy atom. The molecule has 2 aromatic rings. The SMILES string of the molecule is O=C(Nc1cnc(Cl)c(Br)c1)c1cc([N+](=O)[O-])ccc1Br. The molecule has 0 aliphatic rings. The van der Waals surface area contributed by atoms with Gasteiger partial charge in [-0.15, -0.1) is 0 Å². The molecule has 2 rings (SSSR count). The van der Waals surface area contributed by atoms with E-state index in [-0.39, 0.29) is 16.4 Å². The van der Waals surface area contributed by atoms with Crippen LogP contribution >= 0.6 is 43.5 Å². The number of rotatable bonds is 3. The van der Waals surface area contributed by atoms with Gasteiger partial charge in [-0.25, -0.2) is 4.98 Å². The van der Waals surface area contributed by atoms with Gasteiger partial charge in [0.1, 0.15) is 5.15 Å². The second-order valence-electron chi connectivity index (χ2n) is 3.87. The summed E-state index contributed by atoms with van der Waals surface area (Å²) in [5.74, 6) is -0.499. The first-order valence-electron chi connectivity index (χ1n) is 5.45. The molecule has 0 radical (unpaired) electrons. The molecule has 1 amide bonds. The lowest BCUT2D eigenvalue weighted by molar-refractivity contribution is -0.384. The second kappa shape index (κ2) is 6.50. The first-order valence-corrected chi connectivity index (χ1v) is 7.41. The zero-order valence-corrected chi connectivity index (χ0v) is 14.1. The molecule has 0 spiro atoms. The summed E-state index contributed by atoms with van der Waals surface area (Å²) >= 11 is 12.1. The Balaban J connectivity index is 2.29. The summed E-state index contributed by atoms with van der Waals surface area (Å²) in [5.41, 5.74) is 0.392. The molecule has 108 valence electrons. The highest BCUT2D eigenvalue weighted by atomic mass is 79.9. The topological polar surface area (TPSA) is 85.1 Å². The highest BCUT2D eigenvalue weighted by molar-refractivity contribution is 9.10. The molecule has 0 aliphatic heterocycles. The maximum Gasteiger partial charge on any atom is 0.270 e. The molecule has 0 saturated carbocycles. The summed E-state index contributed by atoms with van der Waals surface area (Å²) in [5, 5.41) is 13.6. The van der Waals surface area contributed by atoms with E-state index >= 15 is 0 Å². The Kier molecular flexibility index (Phi) is 4.92. The van der Waals surface area contributed by atoms with Crippen molar-refractivity contribution in [3.8, 4) is 0 Å². The highest BCUT2D eigenvalue weighted by Gasteiger charge is 2.16. The lowest BCUT2D eigenvalue weighted by atomic mass is 10.2. The number of pyridine rings is 1. The predicted molar refractivity (Wildman–Crippen MR) is 85.7 cm³/mol. The molecular weight excluding hydrogens is 429 g/mol. The van der Waals surface area contributed by atoms with Gasteiger partial charge in [0.25, 0.3) is 11.6 Å². The summed E-state index contributed by atoms with van der Waals surface area (Å²) in [6.45, 7) is 0. The lowest BCUT2D eigenvalue weighted by Gasteiger charge is -2.07. The van der Waals surface area contributed by atoms with E-state index in [1.54, 1.807) is 6.07 Å². The quantitative estimate of drug-likeness (QED) is 0.439. The van der Waals surface area contributed by atoms with Gasteiger partial charge >= 0.3 is 0 Å². The molecule has 0 aliphatic carbocycles. The van der Waals surface area contributed by atoms with Crippen molar-refractivity contribution < 1.29 is 9.72 Å². The van der Waals surface area contributed by atoms with Gasteiger partial charge in [-0.2, -0.15) is 0 Å². The summed E-state index contributed by atoms with van der Waals surface area (Å²) in [6, 6.07) is 5.53. The minimum Gasteiger partial charge on any atom is -0.321 e. The number of hydrogen-bond acceptors (Lipinski definition) is 4. The maximum atomic E-state index is 12.2. The average molecular weight is 435 g/mol. The van der Waals surface area contributed by atoms with Crippen LogP contribution in [-0.4, -0.2) is 15.8 Å². The third-order valence-electron chi connectivity index (χ3n) is 2.46. The number of anilines is 1. The Hall–Kier alpha value is -1.51. The van der Waals surface area contributed by atoms with E-state index in [1.807, 2.05) is 0 Å². The normalized spacial score (nSPS) is 10.2. The van der Waals surface area contributed by atoms with Gasteiger partial charge < -0.3 is 5.32 Å². The highest BCUT2D eigenvalue weighted by Crippen LogP contribution is 2.26. The predicted octanol–water partition coefficient (Wildman–Crippen LogP) is 4.42. The monoisotopic (exact) mass is 433 g/mol. The number of nitrogens with zero attached hydrogens (tertiary/aromatic N) is 2. The molecular formula is C12H6Br2ClN3O3. The Labute approximate surface area is 140 Å². The molecule has 9 heteroatoms. The number of halogens is 3. The first-order chi connectivity index (χ1) is 9.88. The second-order valence-corrected chi connectivity index (χ2v) is 5.94. The Morgan fingerprint density at radius 2 is 2.00 bits per heavy atom. The van der Waals surface area contributed by atoms with Gasteiger partial charge in [0.2, 0.25) is 0 Å². The number of nitro groups is 1. The molecule has 1 N–H and O–H groups in total. The fourth-order valence-electron chi connectivity index (χ4n) is 1.49. The molecule has 1 heterocycles. The van der Waals surface area contributed by atoms with Crippen molar-refractivity contribution in [3.05, 3.63) is 60.2 Å². The number of amides is 1. The van der Waals surface area contributed by atoms with Crippen LogP contribution in [0.1, 0.15) is 10.4 Å². The van der Waals surface area contributed by atoms with E-state index in [2.05, 4.69) is 42.2 Å². The molecule has 1 aromatic carbocycles. The van der Waals surface area contributed by atoms with Crippen LogP contribution in [0.15, 0.2) is 39.4 Å². The zero-order valence-electron chi connectivity index (χ0n) is 10.1. The summed E-state index contributed by atoms with van der Waals surface area (Å²) in [7, 11) is 0. The van der Waals surface area contributed by atoms with Crippen molar-refractivity contribution in [2.75, 3.05) is 5.32 Å². The third kappa shape index (κ3) is 3.78. The van der Waals surface area contributed by atoms with E-state index in [4.69, 9.17) is 11.6 Å². The summed E-state index contributed by atoms with van der Waals surface area (Å²) < 4.78 is 0.978. The van der Waals surface area contributed by atoms with Crippen molar-refractivity contribution in [1.82, 2.24) is 4.98 Å². The molecule has 0 fully saturated rings. The van der Waals surface area contributed by atoms with Crippen molar-refractivity contribution in [3.63, 3.8) is 0 Å². The molecule has 1 aromatic heterocycles. The van der Waals surface area contributed by atoms with Crippen LogP contribution in [0.25, 0.3) is 0 Å². The largest absolute Gasteiger partial charge is 0.321 e. The molecule has 6 nitrogen and oxygen atoms in total. The molecule has 0 unspecified atom stereocenters. The third-order valence-corrected chi connectivity index (χ3v) is 4.28. The van der Waals surface area contributed by atoms with Crippen LogP contribution in [0.3, 0.4) is 0 Å². The Morgan fingerprint density at radius 1 is 1.29 bits per heavy atom. The fraction of sp³-hybridized carbons (Fsp3) is 0. The van der Waals surface area contributed by atoms with Gasteiger partial charge in [0.15, 0.2) is 0 Å². The molecule has 0 bridgehead atoms. The molecule has 0 saturated heterocycles. The van der Waals surface area contributed by atoms with Gasteiger partial charge in [0.05, 0.1) is 26.8 Å².